The van der Waals surface area contributed by atoms with Crippen molar-refractivity contribution in [1.29, 1.82) is 0 Å². The molecule has 6 nitrogen and oxygen atoms in total. The van der Waals surface area contributed by atoms with Crippen LogP contribution in [0.15, 0.2) is 6.20 Å². The smallest absolute Gasteiger partial charge is 0.241 e. The second-order valence-corrected chi connectivity index (χ2v) is 5.55. The minimum Gasteiger partial charge on any atom is -0.353 e. The number of carbonyl (C=O) groups is 1. The van der Waals surface area contributed by atoms with Gasteiger partial charge < -0.3 is 11.1 Å². The molecule has 1 saturated carbocycles. The Labute approximate surface area is 104 Å². The number of rotatable bonds is 6. The molecule has 0 spiro atoms. The van der Waals surface area contributed by atoms with Crippen LogP contribution in [0.25, 0.3) is 0 Å². The van der Waals surface area contributed by atoms with E-state index in [1.54, 1.807) is 6.20 Å². The average Bonchev–Trinajstić information content (AvgIpc) is 2.99. The van der Waals surface area contributed by atoms with Crippen LogP contribution in [0.2, 0.25) is 0 Å². The Morgan fingerprint density at radius 3 is 3.00 bits per heavy atom. The summed E-state index contributed by atoms with van der Waals surface area (Å²) < 4.78 is 1.80. The van der Waals surface area contributed by atoms with Crippen molar-refractivity contribution in [1.82, 2.24) is 20.3 Å². The van der Waals surface area contributed by atoms with E-state index in [-0.39, 0.29) is 12.5 Å². The van der Waals surface area contributed by atoms with Crippen LogP contribution in [-0.2, 0) is 17.9 Å². The zero-order valence-electron chi connectivity index (χ0n) is 9.85. The van der Waals surface area contributed by atoms with Gasteiger partial charge in [-0.25, -0.2) is 4.68 Å². The van der Waals surface area contributed by atoms with Gasteiger partial charge in [0.25, 0.3) is 0 Å². The lowest BCUT2D eigenvalue weighted by atomic mass is 10.4. The minimum absolute atomic E-state index is 0.0289. The van der Waals surface area contributed by atoms with Gasteiger partial charge in [-0.05, 0) is 19.1 Å². The molecule has 2 rings (SSSR count). The highest BCUT2D eigenvalue weighted by Gasteiger charge is 2.41. The van der Waals surface area contributed by atoms with E-state index in [2.05, 4.69) is 21.9 Å². The van der Waals surface area contributed by atoms with Gasteiger partial charge in [-0.2, -0.15) is 11.8 Å². The number of nitrogens with one attached hydrogen (secondary N) is 1. The van der Waals surface area contributed by atoms with Crippen molar-refractivity contribution in [3.05, 3.63) is 11.9 Å². The number of hydrogen-bond donors (Lipinski definition) is 2. The van der Waals surface area contributed by atoms with Gasteiger partial charge in [0.2, 0.25) is 5.91 Å². The van der Waals surface area contributed by atoms with Crippen molar-refractivity contribution in [3.63, 3.8) is 0 Å². The molecule has 1 amide bonds. The molecule has 0 aromatic carbocycles. The zero-order chi connectivity index (χ0) is 12.3. The van der Waals surface area contributed by atoms with E-state index in [0.717, 1.165) is 6.54 Å². The predicted molar refractivity (Wildman–Crippen MR) is 66.4 cm³/mol. The summed E-state index contributed by atoms with van der Waals surface area (Å²) in [6.45, 7) is 1.29. The Morgan fingerprint density at radius 1 is 1.71 bits per heavy atom. The first-order valence-corrected chi connectivity index (χ1v) is 6.81. The normalized spacial score (nSPS) is 16.8. The Bertz CT molecular complexity index is 401. The number of hydrogen-bond acceptors (Lipinski definition) is 5. The highest BCUT2D eigenvalue weighted by atomic mass is 32.2. The van der Waals surface area contributed by atoms with E-state index >= 15 is 0 Å². The van der Waals surface area contributed by atoms with Gasteiger partial charge in [-0.1, -0.05) is 5.21 Å². The molecule has 0 atom stereocenters. The standard InChI is InChI=1S/C10H17N5OS/c1-17-10(2-3-10)7-12-9(16)6-15-5-8(4-11)13-14-15/h5H,2-4,6-7,11H2,1H3,(H,12,16). The molecule has 1 heterocycles. The molecule has 0 bridgehead atoms. The van der Waals surface area contributed by atoms with Crippen molar-refractivity contribution < 1.29 is 4.79 Å². The van der Waals surface area contributed by atoms with Crippen LogP contribution in [0.4, 0.5) is 0 Å². The molecule has 0 unspecified atom stereocenters. The summed E-state index contributed by atoms with van der Waals surface area (Å²) in [4.78, 5) is 11.7. The molecule has 1 aromatic rings. The van der Waals surface area contributed by atoms with Gasteiger partial charge in [-0.3, -0.25) is 4.79 Å². The van der Waals surface area contributed by atoms with E-state index in [1.165, 1.54) is 17.5 Å². The quantitative estimate of drug-likeness (QED) is 0.732. The van der Waals surface area contributed by atoms with Crippen molar-refractivity contribution in [2.75, 3.05) is 12.8 Å². The van der Waals surface area contributed by atoms with Crippen LogP contribution < -0.4 is 11.1 Å². The second-order valence-electron chi connectivity index (χ2n) is 4.28. The molecule has 1 aliphatic carbocycles. The highest BCUT2D eigenvalue weighted by molar-refractivity contribution is 8.00. The monoisotopic (exact) mass is 255 g/mol. The summed E-state index contributed by atoms with van der Waals surface area (Å²) >= 11 is 1.83. The molecule has 94 valence electrons. The van der Waals surface area contributed by atoms with Crippen molar-refractivity contribution in [2.45, 2.75) is 30.7 Å². The minimum atomic E-state index is -0.0289. The lowest BCUT2D eigenvalue weighted by Gasteiger charge is -2.12. The number of nitrogens with two attached hydrogens (primary N) is 1. The molecular weight excluding hydrogens is 238 g/mol. The van der Waals surface area contributed by atoms with Crippen molar-refractivity contribution in [3.8, 4) is 0 Å². The number of nitrogens with zero attached hydrogens (tertiary/aromatic N) is 3. The summed E-state index contributed by atoms with van der Waals surface area (Å²) in [5, 5.41) is 10.6. The van der Waals surface area contributed by atoms with Crippen LogP contribution in [-0.4, -0.2) is 38.4 Å². The second kappa shape index (κ2) is 5.05. The third-order valence-electron chi connectivity index (χ3n) is 2.95. The van der Waals surface area contributed by atoms with Gasteiger partial charge in [0.15, 0.2) is 0 Å². The summed E-state index contributed by atoms with van der Waals surface area (Å²) in [7, 11) is 0. The van der Waals surface area contributed by atoms with Gasteiger partial charge >= 0.3 is 0 Å². The first-order valence-electron chi connectivity index (χ1n) is 5.58. The number of thioether (sulfide) groups is 1. The summed E-state index contributed by atoms with van der Waals surface area (Å²) in [5.41, 5.74) is 6.11. The molecule has 0 radical (unpaired) electrons. The fraction of sp³-hybridized carbons (Fsp3) is 0.700. The van der Waals surface area contributed by atoms with Gasteiger partial charge in [0.1, 0.15) is 6.54 Å². The van der Waals surface area contributed by atoms with E-state index in [9.17, 15) is 4.79 Å². The third-order valence-corrected chi connectivity index (χ3v) is 4.37. The van der Waals surface area contributed by atoms with Crippen LogP contribution in [0.3, 0.4) is 0 Å². The molecule has 7 heteroatoms. The maximum absolute atomic E-state index is 11.7. The Balaban J connectivity index is 1.77. The Kier molecular flexibility index (Phi) is 3.68. The van der Waals surface area contributed by atoms with Crippen molar-refractivity contribution in [2.24, 2.45) is 5.73 Å². The van der Waals surface area contributed by atoms with Crippen LogP contribution in [0, 0.1) is 0 Å². The molecule has 1 aromatic heterocycles. The lowest BCUT2D eigenvalue weighted by molar-refractivity contribution is -0.121. The Morgan fingerprint density at radius 2 is 2.47 bits per heavy atom. The summed E-state index contributed by atoms with van der Waals surface area (Å²) in [6, 6.07) is 0. The fourth-order valence-electron chi connectivity index (χ4n) is 1.56. The molecule has 0 saturated heterocycles. The number of amides is 1. The third kappa shape index (κ3) is 3.19. The zero-order valence-corrected chi connectivity index (χ0v) is 10.7. The molecule has 0 aliphatic heterocycles. The SMILES string of the molecule is CSC1(CNC(=O)Cn2cc(CN)nn2)CC1. The van der Waals surface area contributed by atoms with Crippen LogP contribution >= 0.6 is 11.8 Å². The van der Waals surface area contributed by atoms with E-state index in [1.807, 2.05) is 11.8 Å². The molecule has 1 fully saturated rings. The van der Waals surface area contributed by atoms with Gasteiger partial charge in [-0.15, -0.1) is 5.10 Å². The first kappa shape index (κ1) is 12.4. The first-order chi connectivity index (χ1) is 8.17. The predicted octanol–water partition coefficient (Wildman–Crippen LogP) is -0.251. The highest BCUT2D eigenvalue weighted by Crippen LogP contribution is 2.46. The van der Waals surface area contributed by atoms with Gasteiger partial charge in [0, 0.05) is 17.8 Å². The van der Waals surface area contributed by atoms with E-state index in [4.69, 9.17) is 5.73 Å². The van der Waals surface area contributed by atoms with E-state index in [0.29, 0.717) is 17.0 Å². The Hall–Kier alpha value is -1.08. The lowest BCUT2D eigenvalue weighted by Crippen LogP contribution is -2.34. The maximum atomic E-state index is 11.7. The molecule has 17 heavy (non-hydrogen) atoms. The maximum Gasteiger partial charge on any atom is 0.241 e. The average molecular weight is 255 g/mol. The van der Waals surface area contributed by atoms with Gasteiger partial charge in [0.05, 0.1) is 11.9 Å². The van der Waals surface area contributed by atoms with Crippen molar-refractivity contribution >= 4 is 17.7 Å². The molecule has 3 N–H and O–H groups in total. The number of carbonyl (C=O) groups excluding carboxylic acids is 1. The molecule has 1 aliphatic rings. The largest absolute Gasteiger partial charge is 0.353 e. The fourth-order valence-corrected chi connectivity index (χ4v) is 2.29. The summed E-state index contributed by atoms with van der Waals surface area (Å²) in [5.74, 6) is -0.0289. The topological polar surface area (TPSA) is 85.8 Å². The molecular formula is C10H17N5OS. The summed E-state index contributed by atoms with van der Waals surface area (Å²) in [6.07, 6.45) is 6.16. The van der Waals surface area contributed by atoms with E-state index < -0.39 is 0 Å². The van der Waals surface area contributed by atoms with Crippen LogP contribution in [0.5, 0.6) is 0 Å². The van der Waals surface area contributed by atoms with Crippen LogP contribution in [0.1, 0.15) is 18.5 Å². The number of aromatic nitrogens is 3.